The van der Waals surface area contributed by atoms with Gasteiger partial charge in [0.05, 0.1) is 11.6 Å². The Hall–Kier alpha value is -1.85. The Balaban J connectivity index is 2.34. The third-order valence-electron chi connectivity index (χ3n) is 4.23. The van der Waals surface area contributed by atoms with Crippen LogP contribution in [-0.4, -0.2) is 0 Å². The minimum atomic E-state index is -0.0154. The second-order valence-electron chi connectivity index (χ2n) is 7.27. The lowest BCUT2D eigenvalue weighted by Gasteiger charge is -2.20. The molecule has 112 valence electrons. The van der Waals surface area contributed by atoms with Crippen molar-refractivity contribution in [3.05, 3.63) is 47.0 Å². The molecule has 0 bridgehead atoms. The lowest BCUT2D eigenvalue weighted by molar-refractivity contribution is 0.589. The largest absolute Gasteiger partial charge is 0.192 e. The normalized spacial score (nSPS) is 12.2. The van der Waals surface area contributed by atoms with Crippen LogP contribution >= 0.6 is 11.3 Å². The van der Waals surface area contributed by atoms with E-state index >= 15 is 0 Å². The fourth-order valence-electron chi connectivity index (χ4n) is 2.91. The first kappa shape index (κ1) is 15.1. The van der Waals surface area contributed by atoms with Gasteiger partial charge < -0.3 is 0 Å². The van der Waals surface area contributed by atoms with Gasteiger partial charge in [0, 0.05) is 20.2 Å². The third kappa shape index (κ3) is 2.40. The molecule has 0 aliphatic rings. The molecule has 22 heavy (non-hydrogen) atoms. The molecular weight excluding hydrogens is 286 g/mol. The highest BCUT2D eigenvalue weighted by atomic mass is 32.1. The fourth-order valence-corrected chi connectivity index (χ4v) is 4.09. The SMILES string of the molecule is CC(C)c1ccc2c(c1)sc1cc(C(C)(C)C)c(C#N)cc12. The summed E-state index contributed by atoms with van der Waals surface area (Å²) in [6.45, 7) is 10.9. The molecule has 0 aliphatic heterocycles. The van der Waals surface area contributed by atoms with Gasteiger partial charge in [0.1, 0.15) is 0 Å². The molecular formula is C20H21NS. The van der Waals surface area contributed by atoms with Crippen molar-refractivity contribution in [2.24, 2.45) is 0 Å². The number of rotatable bonds is 1. The van der Waals surface area contributed by atoms with Crippen molar-refractivity contribution >= 4 is 31.5 Å². The lowest BCUT2D eigenvalue weighted by Crippen LogP contribution is -2.13. The van der Waals surface area contributed by atoms with E-state index in [-0.39, 0.29) is 5.41 Å². The van der Waals surface area contributed by atoms with Gasteiger partial charge in [0.2, 0.25) is 0 Å². The summed E-state index contributed by atoms with van der Waals surface area (Å²) in [7, 11) is 0. The molecule has 1 aromatic heterocycles. The molecule has 0 atom stereocenters. The number of thiophene rings is 1. The van der Waals surface area contributed by atoms with Gasteiger partial charge in [-0.1, -0.05) is 46.8 Å². The van der Waals surface area contributed by atoms with E-state index < -0.39 is 0 Å². The van der Waals surface area contributed by atoms with Crippen molar-refractivity contribution < 1.29 is 0 Å². The lowest BCUT2D eigenvalue weighted by atomic mass is 9.83. The second-order valence-corrected chi connectivity index (χ2v) is 8.35. The second kappa shape index (κ2) is 5.11. The Bertz CT molecular complexity index is 901. The molecule has 3 aromatic rings. The summed E-state index contributed by atoms with van der Waals surface area (Å²) < 4.78 is 2.59. The molecule has 0 aliphatic carbocycles. The number of nitriles is 1. The van der Waals surface area contributed by atoms with E-state index in [1.165, 1.54) is 25.7 Å². The smallest absolute Gasteiger partial charge is 0.0994 e. The number of benzene rings is 2. The Morgan fingerprint density at radius 2 is 1.68 bits per heavy atom. The Morgan fingerprint density at radius 1 is 1.00 bits per heavy atom. The third-order valence-corrected chi connectivity index (χ3v) is 5.35. The average Bonchev–Trinajstić information content (AvgIpc) is 2.81. The van der Waals surface area contributed by atoms with Crippen LogP contribution in [0, 0.1) is 11.3 Å². The van der Waals surface area contributed by atoms with Gasteiger partial charge in [-0.15, -0.1) is 11.3 Å². The van der Waals surface area contributed by atoms with Crippen LogP contribution in [-0.2, 0) is 5.41 Å². The highest BCUT2D eigenvalue weighted by molar-refractivity contribution is 7.25. The van der Waals surface area contributed by atoms with E-state index in [2.05, 4.69) is 71.0 Å². The van der Waals surface area contributed by atoms with Crippen LogP contribution in [0.15, 0.2) is 30.3 Å². The van der Waals surface area contributed by atoms with Crippen molar-refractivity contribution in [1.82, 2.24) is 0 Å². The zero-order chi connectivity index (χ0) is 16.1. The van der Waals surface area contributed by atoms with Crippen LogP contribution in [0.5, 0.6) is 0 Å². The van der Waals surface area contributed by atoms with Gasteiger partial charge in [0.15, 0.2) is 0 Å². The maximum absolute atomic E-state index is 9.52. The summed E-state index contributed by atoms with van der Waals surface area (Å²) in [6.07, 6.45) is 0. The quantitative estimate of drug-likeness (QED) is 0.514. The Morgan fingerprint density at radius 3 is 2.27 bits per heavy atom. The molecule has 0 amide bonds. The standard InChI is InChI=1S/C20H21NS/c1-12(2)13-6-7-15-16-8-14(11-21)17(20(3,4)5)10-19(16)22-18(15)9-13/h6-10,12H,1-5H3. The van der Waals surface area contributed by atoms with Gasteiger partial charge in [-0.05, 0) is 40.7 Å². The number of fused-ring (bicyclic) bond motifs is 3. The molecule has 0 unspecified atom stereocenters. The molecule has 3 rings (SSSR count). The molecule has 0 N–H and O–H groups in total. The minimum Gasteiger partial charge on any atom is -0.192 e. The highest BCUT2D eigenvalue weighted by Crippen LogP contribution is 2.39. The molecule has 0 fully saturated rings. The van der Waals surface area contributed by atoms with Gasteiger partial charge in [0.25, 0.3) is 0 Å². The van der Waals surface area contributed by atoms with Crippen molar-refractivity contribution in [3.8, 4) is 6.07 Å². The number of hydrogen-bond donors (Lipinski definition) is 0. The average molecular weight is 307 g/mol. The van der Waals surface area contributed by atoms with E-state index in [9.17, 15) is 5.26 Å². The molecule has 2 heteroatoms. The Kier molecular flexibility index (Phi) is 3.50. The molecule has 0 saturated heterocycles. The molecule has 0 spiro atoms. The molecule has 1 nitrogen and oxygen atoms in total. The van der Waals surface area contributed by atoms with Crippen LogP contribution in [0.3, 0.4) is 0 Å². The highest BCUT2D eigenvalue weighted by Gasteiger charge is 2.20. The van der Waals surface area contributed by atoms with Gasteiger partial charge in [-0.3, -0.25) is 0 Å². The summed E-state index contributed by atoms with van der Waals surface area (Å²) in [5.41, 5.74) is 3.29. The first-order valence-electron chi connectivity index (χ1n) is 7.72. The zero-order valence-corrected chi connectivity index (χ0v) is 14.6. The van der Waals surface area contributed by atoms with Crippen molar-refractivity contribution in [1.29, 1.82) is 5.26 Å². The topological polar surface area (TPSA) is 23.8 Å². The monoisotopic (exact) mass is 307 g/mol. The minimum absolute atomic E-state index is 0.0154. The number of hydrogen-bond acceptors (Lipinski definition) is 2. The summed E-state index contributed by atoms with van der Waals surface area (Å²) in [4.78, 5) is 0. The van der Waals surface area contributed by atoms with Crippen LogP contribution in [0.4, 0.5) is 0 Å². The van der Waals surface area contributed by atoms with Crippen molar-refractivity contribution in [2.45, 2.75) is 46.0 Å². The van der Waals surface area contributed by atoms with Gasteiger partial charge in [-0.2, -0.15) is 5.26 Å². The molecule has 0 saturated carbocycles. The maximum atomic E-state index is 9.52. The molecule has 0 radical (unpaired) electrons. The predicted molar refractivity (Wildman–Crippen MR) is 96.8 cm³/mol. The summed E-state index contributed by atoms with van der Waals surface area (Å²) in [5, 5.41) is 12.0. The first-order valence-corrected chi connectivity index (χ1v) is 8.53. The van der Waals surface area contributed by atoms with E-state index in [0.29, 0.717) is 5.92 Å². The maximum Gasteiger partial charge on any atom is 0.0994 e. The molecule has 2 aromatic carbocycles. The van der Waals surface area contributed by atoms with Gasteiger partial charge >= 0.3 is 0 Å². The van der Waals surface area contributed by atoms with E-state index in [1.54, 1.807) is 0 Å². The summed E-state index contributed by atoms with van der Waals surface area (Å²) in [5.74, 6) is 0.536. The van der Waals surface area contributed by atoms with Crippen LogP contribution in [0.1, 0.15) is 57.2 Å². The summed E-state index contributed by atoms with van der Waals surface area (Å²) in [6, 6.07) is 13.4. The van der Waals surface area contributed by atoms with Crippen LogP contribution < -0.4 is 0 Å². The van der Waals surface area contributed by atoms with Crippen molar-refractivity contribution in [3.63, 3.8) is 0 Å². The van der Waals surface area contributed by atoms with Crippen LogP contribution in [0.2, 0.25) is 0 Å². The predicted octanol–water partition coefficient (Wildman–Crippen LogP) is 6.35. The molecule has 1 heterocycles. The van der Waals surface area contributed by atoms with E-state index in [4.69, 9.17) is 0 Å². The first-order chi connectivity index (χ1) is 10.3. The summed E-state index contributed by atoms with van der Waals surface area (Å²) >= 11 is 1.83. The van der Waals surface area contributed by atoms with Crippen molar-refractivity contribution in [2.75, 3.05) is 0 Å². The van der Waals surface area contributed by atoms with E-state index in [0.717, 1.165) is 11.1 Å². The fraction of sp³-hybridized carbons (Fsp3) is 0.350. The zero-order valence-electron chi connectivity index (χ0n) is 13.8. The van der Waals surface area contributed by atoms with Crippen LogP contribution in [0.25, 0.3) is 20.2 Å². The van der Waals surface area contributed by atoms with E-state index in [1.807, 2.05) is 11.3 Å². The van der Waals surface area contributed by atoms with Gasteiger partial charge in [-0.25, -0.2) is 0 Å². The number of nitrogens with zero attached hydrogens (tertiary/aromatic N) is 1. The Labute approximate surface area is 136 Å².